The molecule has 0 fully saturated rings. The van der Waals surface area contributed by atoms with Crippen LogP contribution in [0.25, 0.3) is 34.0 Å². The van der Waals surface area contributed by atoms with E-state index in [1.807, 2.05) is 0 Å². The lowest BCUT2D eigenvalue weighted by Crippen LogP contribution is -2.26. The summed E-state index contributed by atoms with van der Waals surface area (Å²) in [6, 6.07) is 20.2. The molecule has 204 valence electrons. The van der Waals surface area contributed by atoms with Crippen LogP contribution >= 0.6 is 0 Å². The summed E-state index contributed by atoms with van der Waals surface area (Å²) in [5, 5.41) is 9.27. The summed E-state index contributed by atoms with van der Waals surface area (Å²) in [5.41, 5.74) is 11.4. The molecule has 0 spiro atoms. The Morgan fingerprint density at radius 2 is 1.23 bits per heavy atom. The molecule has 1 aliphatic carbocycles. The SMILES string of the molecule is CCCCCCC1(CCCCCC)c2ccccc2-c2cccc(-c3nnc(-c4c(C)cc(C)cc4C)o3)c21. The van der Waals surface area contributed by atoms with Gasteiger partial charge in [0.1, 0.15) is 0 Å². The first-order valence-electron chi connectivity index (χ1n) is 15.2. The van der Waals surface area contributed by atoms with E-state index in [9.17, 15) is 0 Å². The average Bonchev–Trinajstić information content (AvgIpc) is 3.51. The molecule has 1 heterocycles. The molecule has 3 aromatic carbocycles. The minimum atomic E-state index is -0.0195. The second kappa shape index (κ2) is 11.9. The lowest BCUT2D eigenvalue weighted by Gasteiger charge is -2.34. The number of benzene rings is 3. The lowest BCUT2D eigenvalue weighted by atomic mass is 9.69. The van der Waals surface area contributed by atoms with Crippen LogP contribution in [0.3, 0.4) is 0 Å². The molecule has 0 saturated heterocycles. The predicted molar refractivity (Wildman–Crippen MR) is 163 cm³/mol. The molecule has 1 aliphatic rings. The summed E-state index contributed by atoms with van der Waals surface area (Å²) in [6.07, 6.45) is 12.5. The standard InChI is InChI=1S/C36H44N2O/c1-6-8-10-14-21-36(22-15-11-9-7-2)31-20-13-12-17-28(31)29-18-16-19-30(33(29)36)34-37-38-35(39-34)32-26(4)23-25(3)24-27(32)5/h12-13,16-20,23-24H,6-11,14-15,21-22H2,1-5H3. The highest BCUT2D eigenvalue weighted by Gasteiger charge is 2.44. The molecule has 0 saturated carbocycles. The summed E-state index contributed by atoms with van der Waals surface area (Å²) in [6.45, 7) is 11.0. The van der Waals surface area contributed by atoms with E-state index >= 15 is 0 Å². The number of unbranched alkanes of at least 4 members (excludes halogenated alkanes) is 6. The van der Waals surface area contributed by atoms with E-state index in [2.05, 4.69) is 99.4 Å². The Bertz CT molecular complexity index is 1390. The summed E-state index contributed by atoms with van der Waals surface area (Å²) < 4.78 is 6.54. The average molecular weight is 521 g/mol. The Kier molecular flexibility index (Phi) is 8.35. The lowest BCUT2D eigenvalue weighted by molar-refractivity contribution is 0.401. The van der Waals surface area contributed by atoms with Crippen molar-refractivity contribution in [1.82, 2.24) is 10.2 Å². The third kappa shape index (κ3) is 5.21. The zero-order valence-corrected chi connectivity index (χ0v) is 24.6. The normalized spacial score (nSPS) is 13.5. The maximum Gasteiger partial charge on any atom is 0.248 e. The van der Waals surface area contributed by atoms with Gasteiger partial charge in [0, 0.05) is 16.5 Å². The van der Waals surface area contributed by atoms with Crippen molar-refractivity contribution in [3.8, 4) is 34.0 Å². The number of hydrogen-bond donors (Lipinski definition) is 0. The summed E-state index contributed by atoms with van der Waals surface area (Å²) in [7, 11) is 0. The van der Waals surface area contributed by atoms with Crippen molar-refractivity contribution in [2.45, 2.75) is 104 Å². The van der Waals surface area contributed by atoms with Crippen molar-refractivity contribution >= 4 is 0 Å². The van der Waals surface area contributed by atoms with Gasteiger partial charge in [0.25, 0.3) is 0 Å². The highest BCUT2D eigenvalue weighted by molar-refractivity contribution is 5.87. The van der Waals surface area contributed by atoms with E-state index in [1.165, 1.54) is 90.3 Å². The Hall–Kier alpha value is -3.20. The van der Waals surface area contributed by atoms with Crippen LogP contribution < -0.4 is 0 Å². The molecule has 1 aromatic heterocycles. The van der Waals surface area contributed by atoms with Crippen molar-refractivity contribution in [3.63, 3.8) is 0 Å². The molecule has 4 aromatic rings. The number of fused-ring (bicyclic) bond motifs is 3. The fourth-order valence-electron chi connectivity index (χ4n) is 7.04. The van der Waals surface area contributed by atoms with E-state index in [1.54, 1.807) is 0 Å². The minimum absolute atomic E-state index is 0.0195. The van der Waals surface area contributed by atoms with Gasteiger partial charge < -0.3 is 4.42 Å². The summed E-state index contributed by atoms with van der Waals surface area (Å²) in [5.74, 6) is 1.25. The first-order chi connectivity index (χ1) is 19.0. The van der Waals surface area contributed by atoms with Crippen molar-refractivity contribution < 1.29 is 4.42 Å². The van der Waals surface area contributed by atoms with Crippen molar-refractivity contribution in [2.24, 2.45) is 0 Å². The van der Waals surface area contributed by atoms with Gasteiger partial charge in [-0.1, -0.05) is 119 Å². The van der Waals surface area contributed by atoms with Crippen LogP contribution in [0, 0.1) is 20.8 Å². The molecule has 0 N–H and O–H groups in total. The molecule has 3 nitrogen and oxygen atoms in total. The van der Waals surface area contributed by atoms with E-state index in [0.717, 1.165) is 24.0 Å². The van der Waals surface area contributed by atoms with E-state index in [4.69, 9.17) is 4.42 Å². The van der Waals surface area contributed by atoms with Gasteiger partial charge in [-0.2, -0.15) is 0 Å². The van der Waals surface area contributed by atoms with Crippen molar-refractivity contribution in [3.05, 3.63) is 82.4 Å². The monoisotopic (exact) mass is 520 g/mol. The smallest absolute Gasteiger partial charge is 0.248 e. The van der Waals surface area contributed by atoms with Crippen LogP contribution in [-0.4, -0.2) is 10.2 Å². The maximum absolute atomic E-state index is 6.54. The van der Waals surface area contributed by atoms with Gasteiger partial charge in [0.2, 0.25) is 11.8 Å². The fourth-order valence-corrected chi connectivity index (χ4v) is 7.04. The Balaban J connectivity index is 1.64. The Labute approximate surface area is 235 Å². The van der Waals surface area contributed by atoms with Crippen molar-refractivity contribution in [1.29, 1.82) is 0 Å². The van der Waals surface area contributed by atoms with Gasteiger partial charge in [-0.25, -0.2) is 0 Å². The van der Waals surface area contributed by atoms with Gasteiger partial charge in [-0.05, 0) is 73.1 Å². The first-order valence-corrected chi connectivity index (χ1v) is 15.2. The third-order valence-electron chi connectivity index (χ3n) is 8.74. The first kappa shape index (κ1) is 27.4. The van der Waals surface area contributed by atoms with Gasteiger partial charge in [-0.3, -0.25) is 0 Å². The zero-order chi connectivity index (χ0) is 27.4. The second-order valence-corrected chi connectivity index (χ2v) is 11.7. The largest absolute Gasteiger partial charge is 0.416 e. The molecule has 3 heteroatoms. The topological polar surface area (TPSA) is 38.9 Å². The van der Waals surface area contributed by atoms with Gasteiger partial charge in [0.05, 0.1) is 0 Å². The van der Waals surface area contributed by atoms with Crippen LogP contribution in [0.4, 0.5) is 0 Å². The number of rotatable bonds is 12. The molecular formula is C36H44N2O. The maximum atomic E-state index is 6.54. The van der Waals surface area contributed by atoms with Crippen LogP contribution in [0.15, 0.2) is 59.0 Å². The van der Waals surface area contributed by atoms with Gasteiger partial charge >= 0.3 is 0 Å². The summed E-state index contributed by atoms with van der Waals surface area (Å²) in [4.78, 5) is 0. The zero-order valence-electron chi connectivity index (χ0n) is 24.6. The highest BCUT2D eigenvalue weighted by atomic mass is 16.4. The molecule has 5 rings (SSSR count). The fraction of sp³-hybridized carbons (Fsp3) is 0.444. The van der Waals surface area contributed by atoms with E-state index in [0.29, 0.717) is 11.8 Å². The van der Waals surface area contributed by atoms with Crippen LogP contribution in [0.1, 0.15) is 106 Å². The number of hydrogen-bond acceptors (Lipinski definition) is 3. The van der Waals surface area contributed by atoms with Crippen molar-refractivity contribution in [2.75, 3.05) is 0 Å². The second-order valence-electron chi connectivity index (χ2n) is 11.7. The van der Waals surface area contributed by atoms with E-state index in [-0.39, 0.29) is 5.41 Å². The molecule has 0 unspecified atom stereocenters. The van der Waals surface area contributed by atoms with Crippen LogP contribution in [-0.2, 0) is 5.41 Å². The van der Waals surface area contributed by atoms with E-state index < -0.39 is 0 Å². The Morgan fingerprint density at radius 1 is 0.641 bits per heavy atom. The highest BCUT2D eigenvalue weighted by Crippen LogP contribution is 2.57. The molecule has 0 bridgehead atoms. The van der Waals surface area contributed by atoms with Crippen LogP contribution in [0.5, 0.6) is 0 Å². The molecule has 39 heavy (non-hydrogen) atoms. The number of aromatic nitrogens is 2. The van der Waals surface area contributed by atoms with Crippen LogP contribution in [0.2, 0.25) is 0 Å². The molecule has 0 aliphatic heterocycles. The number of aryl methyl sites for hydroxylation is 3. The Morgan fingerprint density at radius 3 is 1.90 bits per heavy atom. The molecule has 0 atom stereocenters. The molecule has 0 radical (unpaired) electrons. The molecule has 0 amide bonds. The third-order valence-corrected chi connectivity index (χ3v) is 8.74. The quantitative estimate of drug-likeness (QED) is 0.174. The predicted octanol–water partition coefficient (Wildman–Crippen LogP) is 10.5. The van der Waals surface area contributed by atoms with Gasteiger partial charge in [-0.15, -0.1) is 10.2 Å². The van der Waals surface area contributed by atoms with Gasteiger partial charge in [0.15, 0.2) is 0 Å². The minimum Gasteiger partial charge on any atom is -0.416 e. The summed E-state index contributed by atoms with van der Waals surface area (Å²) >= 11 is 0. The molecular weight excluding hydrogens is 476 g/mol. The number of nitrogens with zero attached hydrogens (tertiary/aromatic N) is 2.